The lowest BCUT2D eigenvalue weighted by molar-refractivity contribution is 0.101. The molecule has 0 unspecified atom stereocenters. The van der Waals surface area contributed by atoms with E-state index in [0.717, 1.165) is 29.4 Å². The zero-order valence-electron chi connectivity index (χ0n) is 18.7. The summed E-state index contributed by atoms with van der Waals surface area (Å²) in [6.07, 6.45) is 6.93. The van der Waals surface area contributed by atoms with Gasteiger partial charge in [-0.1, -0.05) is 18.2 Å². The molecule has 1 saturated carbocycles. The van der Waals surface area contributed by atoms with Crippen molar-refractivity contribution in [3.8, 4) is 22.6 Å². The van der Waals surface area contributed by atoms with Gasteiger partial charge in [-0.3, -0.25) is 4.79 Å². The standard InChI is InChI=1S/C26H21N3O5S/c1-29-14-16(13-22-25(31)24-20(30)3-2-4-21(24)34-22)23-19(11-12-27-26(23)29)15-5-9-18(10-6-15)35(32,33)28-17-7-8-17/h2-6,9-14,17,28,30H,7-8H2,1H3. The van der Waals surface area contributed by atoms with Crippen molar-refractivity contribution in [3.05, 3.63) is 77.8 Å². The number of carbonyl (C=O) groups excluding carboxylic acids is 1. The minimum Gasteiger partial charge on any atom is -0.507 e. The number of aromatic hydroxyl groups is 1. The van der Waals surface area contributed by atoms with Gasteiger partial charge in [0.05, 0.1) is 4.90 Å². The van der Waals surface area contributed by atoms with E-state index in [-0.39, 0.29) is 28.0 Å². The molecule has 6 rings (SSSR count). The molecule has 0 saturated heterocycles. The molecule has 4 aromatic rings. The highest BCUT2D eigenvalue weighted by Crippen LogP contribution is 2.39. The maximum Gasteiger partial charge on any atom is 0.240 e. The predicted octanol–water partition coefficient (Wildman–Crippen LogP) is 4.00. The van der Waals surface area contributed by atoms with E-state index in [1.54, 1.807) is 48.7 Å². The maximum atomic E-state index is 12.9. The fraction of sp³-hybridized carbons (Fsp3) is 0.154. The van der Waals surface area contributed by atoms with E-state index in [1.165, 1.54) is 6.07 Å². The fourth-order valence-corrected chi connectivity index (χ4v) is 5.65. The number of hydrogen-bond acceptors (Lipinski definition) is 6. The summed E-state index contributed by atoms with van der Waals surface area (Å²) in [6, 6.07) is 13.3. The molecule has 0 radical (unpaired) electrons. The number of aromatic nitrogens is 2. The number of carbonyl (C=O) groups is 1. The third-order valence-corrected chi connectivity index (χ3v) is 7.76. The van der Waals surface area contributed by atoms with Crippen molar-refractivity contribution in [2.75, 3.05) is 0 Å². The van der Waals surface area contributed by atoms with Crippen LogP contribution in [-0.2, 0) is 17.1 Å². The number of phenolic OH excluding ortho intramolecular Hbond substituents is 1. The Bertz CT molecular complexity index is 1650. The molecule has 0 amide bonds. The number of hydrogen-bond donors (Lipinski definition) is 2. The van der Waals surface area contributed by atoms with Gasteiger partial charge in [0.2, 0.25) is 15.8 Å². The van der Waals surface area contributed by atoms with Crippen molar-refractivity contribution in [3.63, 3.8) is 0 Å². The monoisotopic (exact) mass is 487 g/mol. The molecule has 9 heteroatoms. The second kappa shape index (κ2) is 7.79. The van der Waals surface area contributed by atoms with Gasteiger partial charge in [0.25, 0.3) is 0 Å². The van der Waals surface area contributed by atoms with Gasteiger partial charge in [-0.25, -0.2) is 18.1 Å². The largest absolute Gasteiger partial charge is 0.507 e. The number of allylic oxidation sites excluding steroid dienone is 1. The molecule has 1 fully saturated rings. The first-order chi connectivity index (χ1) is 16.8. The van der Waals surface area contributed by atoms with E-state index < -0.39 is 15.8 Å². The van der Waals surface area contributed by atoms with E-state index in [4.69, 9.17) is 4.74 Å². The predicted molar refractivity (Wildman–Crippen MR) is 131 cm³/mol. The molecule has 35 heavy (non-hydrogen) atoms. The van der Waals surface area contributed by atoms with Crippen LogP contribution < -0.4 is 9.46 Å². The van der Waals surface area contributed by atoms with Gasteiger partial charge in [0, 0.05) is 36.4 Å². The molecule has 1 aliphatic carbocycles. The normalized spacial score (nSPS) is 16.6. The topological polar surface area (TPSA) is 111 Å². The molecule has 8 nitrogen and oxygen atoms in total. The van der Waals surface area contributed by atoms with Gasteiger partial charge in [-0.2, -0.15) is 0 Å². The number of aryl methyl sites for hydroxylation is 1. The quantitative estimate of drug-likeness (QED) is 0.412. The van der Waals surface area contributed by atoms with Gasteiger partial charge in [-0.05, 0) is 60.4 Å². The fourth-order valence-electron chi connectivity index (χ4n) is 4.35. The Morgan fingerprint density at radius 3 is 2.63 bits per heavy atom. The van der Waals surface area contributed by atoms with Crippen molar-refractivity contribution >= 4 is 32.9 Å². The van der Waals surface area contributed by atoms with Crippen LogP contribution in [0.15, 0.2) is 71.6 Å². The molecule has 2 aromatic heterocycles. The average molecular weight is 488 g/mol. The van der Waals surface area contributed by atoms with Crippen molar-refractivity contribution in [2.45, 2.75) is 23.8 Å². The zero-order chi connectivity index (χ0) is 24.3. The highest BCUT2D eigenvalue weighted by molar-refractivity contribution is 7.89. The van der Waals surface area contributed by atoms with E-state index in [9.17, 15) is 18.3 Å². The molecule has 0 spiro atoms. The van der Waals surface area contributed by atoms with Crippen molar-refractivity contribution in [2.24, 2.45) is 7.05 Å². The van der Waals surface area contributed by atoms with Crippen LogP contribution in [0.4, 0.5) is 0 Å². The molecular weight excluding hydrogens is 466 g/mol. The van der Waals surface area contributed by atoms with E-state index in [2.05, 4.69) is 9.71 Å². The average Bonchev–Trinajstić information content (AvgIpc) is 3.51. The van der Waals surface area contributed by atoms with Gasteiger partial charge in [0.15, 0.2) is 5.76 Å². The van der Waals surface area contributed by atoms with E-state index >= 15 is 0 Å². The van der Waals surface area contributed by atoms with E-state index in [1.807, 2.05) is 23.9 Å². The van der Waals surface area contributed by atoms with Gasteiger partial charge in [0.1, 0.15) is 22.7 Å². The van der Waals surface area contributed by atoms with Crippen LogP contribution in [0.5, 0.6) is 11.5 Å². The summed E-state index contributed by atoms with van der Waals surface area (Å²) in [5.74, 6) is -0.0894. The molecule has 2 aliphatic rings. The number of phenols is 1. The SMILES string of the molecule is Cn1cc(C=C2Oc3cccc(O)c3C2=O)c2c(-c3ccc(S(=O)(=O)NC4CC4)cc3)ccnc21. The Kier molecular flexibility index (Phi) is 4.80. The summed E-state index contributed by atoms with van der Waals surface area (Å²) in [6.45, 7) is 0. The third-order valence-electron chi connectivity index (χ3n) is 6.22. The molecular formula is C26H21N3O5S. The number of fused-ring (bicyclic) bond motifs is 2. The van der Waals surface area contributed by atoms with Gasteiger partial charge in [-0.15, -0.1) is 0 Å². The molecule has 3 heterocycles. The minimum atomic E-state index is -3.54. The maximum absolute atomic E-state index is 12.9. The lowest BCUT2D eigenvalue weighted by Crippen LogP contribution is -2.25. The Hall–Kier alpha value is -3.95. The van der Waals surface area contributed by atoms with E-state index in [0.29, 0.717) is 17.0 Å². The highest BCUT2D eigenvalue weighted by Gasteiger charge is 2.31. The summed E-state index contributed by atoms with van der Waals surface area (Å²) < 4.78 is 35.4. The van der Waals surface area contributed by atoms with Crippen molar-refractivity contribution in [1.29, 1.82) is 0 Å². The second-order valence-corrected chi connectivity index (χ2v) is 10.5. The number of nitrogens with one attached hydrogen (secondary N) is 1. The first-order valence-corrected chi connectivity index (χ1v) is 12.6. The van der Waals surface area contributed by atoms with Crippen LogP contribution in [-0.4, -0.2) is 34.9 Å². The number of Topliss-reactive ketones (excluding diaryl/α,β-unsaturated/α-hetero) is 1. The van der Waals surface area contributed by atoms with Gasteiger partial charge >= 0.3 is 0 Å². The van der Waals surface area contributed by atoms with Gasteiger partial charge < -0.3 is 14.4 Å². The third kappa shape index (κ3) is 3.69. The van der Waals surface area contributed by atoms with Crippen LogP contribution in [0.2, 0.25) is 0 Å². The molecule has 0 bridgehead atoms. The summed E-state index contributed by atoms with van der Waals surface area (Å²) in [5, 5.41) is 10.9. The minimum absolute atomic E-state index is 0.0352. The second-order valence-electron chi connectivity index (χ2n) is 8.76. The number of rotatable bonds is 5. The Labute approximate surface area is 201 Å². The zero-order valence-corrected chi connectivity index (χ0v) is 19.5. The smallest absolute Gasteiger partial charge is 0.240 e. The summed E-state index contributed by atoms with van der Waals surface area (Å²) in [7, 11) is -1.69. The summed E-state index contributed by atoms with van der Waals surface area (Å²) >= 11 is 0. The molecule has 1 aliphatic heterocycles. The molecule has 2 N–H and O–H groups in total. The van der Waals surface area contributed by atoms with Crippen LogP contribution in [0.3, 0.4) is 0 Å². The van der Waals surface area contributed by atoms with Crippen LogP contribution in [0, 0.1) is 0 Å². The first kappa shape index (κ1) is 21.6. The number of ether oxygens (including phenoxy) is 1. The summed E-state index contributed by atoms with van der Waals surface area (Å²) in [5.41, 5.74) is 3.22. The molecule has 0 atom stereocenters. The highest BCUT2D eigenvalue weighted by atomic mass is 32.2. The number of nitrogens with zero attached hydrogens (tertiary/aromatic N) is 2. The Morgan fingerprint density at radius 2 is 1.91 bits per heavy atom. The summed E-state index contributed by atoms with van der Waals surface area (Å²) in [4.78, 5) is 17.6. The van der Waals surface area contributed by atoms with Crippen molar-refractivity contribution in [1.82, 2.24) is 14.3 Å². The lowest BCUT2D eigenvalue weighted by Gasteiger charge is -2.08. The number of pyridine rings is 1. The lowest BCUT2D eigenvalue weighted by atomic mass is 10.0. The van der Waals surface area contributed by atoms with Crippen LogP contribution in [0.1, 0.15) is 28.8 Å². The van der Waals surface area contributed by atoms with Crippen molar-refractivity contribution < 1.29 is 23.1 Å². The number of ketones is 1. The molecule has 176 valence electrons. The Balaban J connectivity index is 1.42. The number of benzene rings is 2. The first-order valence-electron chi connectivity index (χ1n) is 11.1. The number of sulfonamides is 1. The van der Waals surface area contributed by atoms with Crippen LogP contribution in [0.25, 0.3) is 28.2 Å². The van der Waals surface area contributed by atoms with Crippen LogP contribution >= 0.6 is 0 Å². The Morgan fingerprint density at radius 1 is 1.14 bits per heavy atom. The molecule has 2 aromatic carbocycles.